The highest BCUT2D eigenvalue weighted by atomic mass is 32.2. The Morgan fingerprint density at radius 2 is 1.91 bits per heavy atom. The second-order valence-electron chi connectivity index (χ2n) is 12.5. The Bertz CT molecular complexity index is 1590. The van der Waals surface area contributed by atoms with Gasteiger partial charge in [0.05, 0.1) is 13.2 Å². The molecule has 2 unspecified atom stereocenters. The fraction of sp³-hybridized carbons (Fsp3) is 0.543. The minimum atomic E-state index is -4.02. The number of benzene rings is 1. The zero-order chi connectivity index (χ0) is 33.6. The van der Waals surface area contributed by atoms with Gasteiger partial charge in [-0.2, -0.15) is 12.7 Å². The summed E-state index contributed by atoms with van der Waals surface area (Å²) in [4.78, 5) is 25.7. The molecule has 46 heavy (non-hydrogen) atoms. The molecule has 1 amide bonds. The summed E-state index contributed by atoms with van der Waals surface area (Å²) in [7, 11) is 0.353. The average molecular weight is 654 g/mol. The van der Waals surface area contributed by atoms with E-state index in [9.17, 15) is 13.2 Å². The summed E-state index contributed by atoms with van der Waals surface area (Å²) < 4.78 is 37.8. The number of aromatic nitrogens is 2. The molecule has 11 heteroatoms. The van der Waals surface area contributed by atoms with Crippen LogP contribution >= 0.6 is 0 Å². The van der Waals surface area contributed by atoms with Crippen molar-refractivity contribution in [2.24, 2.45) is 0 Å². The predicted octanol–water partition coefficient (Wildman–Crippen LogP) is 5.85. The van der Waals surface area contributed by atoms with Crippen molar-refractivity contribution in [3.63, 3.8) is 0 Å². The van der Waals surface area contributed by atoms with E-state index in [1.165, 1.54) is 21.2 Å². The maximum atomic E-state index is 13.1. The minimum Gasteiger partial charge on any atom is -0.493 e. The minimum absolute atomic E-state index is 0.0159. The van der Waals surface area contributed by atoms with Gasteiger partial charge in [0, 0.05) is 63.2 Å². The van der Waals surface area contributed by atoms with E-state index in [0.29, 0.717) is 31.0 Å². The van der Waals surface area contributed by atoms with Gasteiger partial charge in [0.2, 0.25) is 5.91 Å². The summed E-state index contributed by atoms with van der Waals surface area (Å²) in [6.07, 6.45) is 15.2. The number of hydrogen-bond donors (Lipinski definition) is 1. The maximum absolute atomic E-state index is 13.1. The maximum Gasteiger partial charge on any atom is 0.384 e. The largest absolute Gasteiger partial charge is 0.493 e. The van der Waals surface area contributed by atoms with E-state index >= 15 is 0 Å². The van der Waals surface area contributed by atoms with Crippen LogP contribution in [0, 0.1) is 0 Å². The molecule has 1 N–H and O–H groups in total. The molecule has 0 saturated carbocycles. The molecule has 1 aromatic carbocycles. The first kappa shape index (κ1) is 35.4. The van der Waals surface area contributed by atoms with Crippen LogP contribution in [0.1, 0.15) is 89.0 Å². The van der Waals surface area contributed by atoms with Gasteiger partial charge in [-0.3, -0.25) is 9.69 Å². The van der Waals surface area contributed by atoms with Crippen LogP contribution < -0.4 is 8.92 Å². The van der Waals surface area contributed by atoms with Gasteiger partial charge in [-0.15, -0.1) is 0 Å². The van der Waals surface area contributed by atoms with Crippen LogP contribution in [0.5, 0.6) is 11.5 Å². The number of ether oxygens (including phenoxy) is 1. The number of imidazole rings is 1. The van der Waals surface area contributed by atoms with Crippen LogP contribution in [0.4, 0.5) is 0 Å². The van der Waals surface area contributed by atoms with Gasteiger partial charge < -0.3 is 18.8 Å². The fourth-order valence-corrected chi connectivity index (χ4v) is 6.83. The van der Waals surface area contributed by atoms with E-state index in [0.717, 1.165) is 71.2 Å². The third-order valence-corrected chi connectivity index (χ3v) is 10.5. The number of nitrogens with zero attached hydrogens (tertiary/aromatic N) is 4. The molecule has 0 spiro atoms. The summed E-state index contributed by atoms with van der Waals surface area (Å²) >= 11 is 0. The lowest BCUT2D eigenvalue weighted by Crippen LogP contribution is -2.36. The normalized spacial score (nSPS) is 20.9. The van der Waals surface area contributed by atoms with Crippen molar-refractivity contribution in [1.82, 2.24) is 24.1 Å². The summed E-state index contributed by atoms with van der Waals surface area (Å²) in [5, 5.41) is 0. The van der Waals surface area contributed by atoms with Crippen LogP contribution in [-0.2, 0) is 33.5 Å². The highest BCUT2D eigenvalue weighted by molar-refractivity contribution is 7.84. The van der Waals surface area contributed by atoms with Crippen molar-refractivity contribution in [1.29, 1.82) is 0 Å². The van der Waals surface area contributed by atoms with Crippen LogP contribution in [0.15, 0.2) is 53.8 Å². The highest BCUT2D eigenvalue weighted by Crippen LogP contribution is 2.43. The number of methoxy groups -OCH3 is 1. The van der Waals surface area contributed by atoms with Crippen LogP contribution in [0.25, 0.3) is 0 Å². The van der Waals surface area contributed by atoms with Crippen LogP contribution in [0.2, 0.25) is 0 Å². The molecule has 0 bridgehead atoms. The standard InChI is InChI=1S/C35H51N5O5S/c1-9-26(16-15-25(4)33(41)39(10-2)11-3)32-29-22-31(45-46(42,43)38(6)7)30(44-8)21-27(29)17-20-40(32)24-28-23-36-34(37-28)35(5)18-13-12-14-19-35/h13,15-16,18,21-23,32H,9-12,14,17,19-20,24H2,1-8H3,(H,36,37)/b25-15+,26-16+. The van der Waals surface area contributed by atoms with Gasteiger partial charge in [0.1, 0.15) is 5.82 Å². The molecule has 0 saturated heterocycles. The van der Waals surface area contributed by atoms with Crippen LogP contribution in [0.3, 0.4) is 0 Å². The fourth-order valence-electron chi connectivity index (χ4n) is 6.32. The summed E-state index contributed by atoms with van der Waals surface area (Å²) in [5.74, 6) is 1.50. The second kappa shape index (κ2) is 15.0. The van der Waals surface area contributed by atoms with E-state index in [-0.39, 0.29) is 23.1 Å². The second-order valence-corrected chi connectivity index (χ2v) is 14.3. The summed E-state index contributed by atoms with van der Waals surface area (Å²) in [6, 6.07) is 3.50. The number of fused-ring (bicyclic) bond motifs is 1. The molecule has 1 aliphatic carbocycles. The van der Waals surface area contributed by atoms with Crippen molar-refractivity contribution in [2.75, 3.05) is 40.8 Å². The quantitative estimate of drug-likeness (QED) is 0.164. The molecule has 2 aliphatic rings. The molecular weight excluding hydrogens is 602 g/mol. The number of nitrogens with one attached hydrogen (secondary N) is 1. The van der Waals surface area contributed by atoms with Crippen molar-refractivity contribution < 1.29 is 22.1 Å². The lowest BCUT2D eigenvalue weighted by Gasteiger charge is -2.39. The van der Waals surface area contributed by atoms with Gasteiger partial charge >= 0.3 is 10.3 Å². The first-order valence-corrected chi connectivity index (χ1v) is 17.7. The van der Waals surface area contributed by atoms with Crippen molar-refractivity contribution in [3.05, 3.63) is 76.4 Å². The molecule has 1 aromatic heterocycles. The van der Waals surface area contributed by atoms with Gasteiger partial charge in [-0.05, 0) is 88.6 Å². The lowest BCUT2D eigenvalue weighted by molar-refractivity contribution is -0.126. The first-order valence-electron chi connectivity index (χ1n) is 16.3. The van der Waals surface area contributed by atoms with E-state index in [1.807, 2.05) is 44.0 Å². The average Bonchev–Trinajstić information content (AvgIpc) is 3.51. The number of likely N-dealkylation sites (N-methyl/N-ethyl adjacent to an activating group) is 1. The Balaban J connectivity index is 1.79. The number of amides is 1. The van der Waals surface area contributed by atoms with Gasteiger partial charge in [-0.25, -0.2) is 4.98 Å². The smallest absolute Gasteiger partial charge is 0.384 e. The number of aromatic amines is 1. The number of carbonyl (C=O) groups excluding carboxylic acids is 1. The third kappa shape index (κ3) is 7.75. The third-order valence-electron chi connectivity index (χ3n) is 9.19. The Morgan fingerprint density at radius 1 is 1.17 bits per heavy atom. The molecule has 0 radical (unpaired) electrons. The monoisotopic (exact) mass is 653 g/mol. The Hall–Kier alpha value is -3.41. The van der Waals surface area contributed by atoms with E-state index in [4.69, 9.17) is 13.9 Å². The van der Waals surface area contributed by atoms with Crippen molar-refractivity contribution in [3.8, 4) is 11.5 Å². The zero-order valence-corrected chi connectivity index (χ0v) is 29.5. The molecule has 2 atom stereocenters. The van der Waals surface area contributed by atoms with Gasteiger partial charge in [-0.1, -0.05) is 31.2 Å². The van der Waals surface area contributed by atoms with E-state index in [2.05, 4.69) is 42.0 Å². The summed E-state index contributed by atoms with van der Waals surface area (Å²) in [6.45, 7) is 12.8. The molecule has 2 aromatic rings. The van der Waals surface area contributed by atoms with Crippen molar-refractivity contribution >= 4 is 16.2 Å². The molecule has 0 fully saturated rings. The SMILES string of the molecule is CC/C(=C\C=C(/C)C(=O)N(CC)CC)C1c2cc(OS(=O)(=O)N(C)C)c(OC)cc2CCN1Cc1cnc(C2(C)C=CCCC2)[nH]1. The molecule has 252 valence electrons. The summed E-state index contributed by atoms with van der Waals surface area (Å²) in [5.41, 5.74) is 4.69. The number of carbonyl (C=O) groups is 1. The van der Waals surface area contributed by atoms with E-state index in [1.54, 1.807) is 6.07 Å². The Labute approximate surface area is 275 Å². The Kier molecular flexibility index (Phi) is 11.6. The Morgan fingerprint density at radius 3 is 2.52 bits per heavy atom. The predicted molar refractivity (Wildman–Crippen MR) is 182 cm³/mol. The molecule has 1 aliphatic heterocycles. The van der Waals surface area contributed by atoms with E-state index < -0.39 is 10.3 Å². The number of rotatable bonds is 13. The lowest BCUT2D eigenvalue weighted by atomic mass is 9.80. The molecule has 2 heterocycles. The van der Waals surface area contributed by atoms with Crippen molar-refractivity contribution in [2.45, 2.75) is 84.7 Å². The van der Waals surface area contributed by atoms with Crippen LogP contribution in [-0.4, -0.2) is 79.2 Å². The molecular formula is C35H51N5O5S. The highest BCUT2D eigenvalue weighted by Gasteiger charge is 2.34. The molecule has 10 nitrogen and oxygen atoms in total. The first-order chi connectivity index (χ1) is 21.9. The van der Waals surface area contributed by atoms with Gasteiger partial charge in [0.15, 0.2) is 11.5 Å². The molecule has 4 rings (SSSR count). The number of hydrogen-bond acceptors (Lipinski definition) is 7. The zero-order valence-electron chi connectivity index (χ0n) is 28.7. The topological polar surface area (TPSA) is 108 Å². The number of allylic oxidation sites excluding steroid dienone is 4. The number of H-pyrrole nitrogens is 1. The van der Waals surface area contributed by atoms with Gasteiger partial charge in [0.25, 0.3) is 0 Å².